The molecule has 20 heavy (non-hydrogen) atoms. The Morgan fingerprint density at radius 2 is 1.70 bits per heavy atom. The highest BCUT2D eigenvalue weighted by Gasteiger charge is 2.45. The summed E-state index contributed by atoms with van der Waals surface area (Å²) < 4.78 is 15.7. The molecule has 106 valence electrons. The minimum atomic E-state index is -4.51. The van der Waals surface area contributed by atoms with E-state index in [4.69, 9.17) is 0 Å². The summed E-state index contributed by atoms with van der Waals surface area (Å²) in [5.41, 5.74) is -0.862. The maximum atomic E-state index is 12.1. The van der Waals surface area contributed by atoms with Crippen molar-refractivity contribution in [3.05, 3.63) is 35.4 Å². The fourth-order valence-corrected chi connectivity index (χ4v) is 2.76. The zero-order valence-electron chi connectivity index (χ0n) is 10.8. The highest BCUT2D eigenvalue weighted by molar-refractivity contribution is 7.71. The summed E-state index contributed by atoms with van der Waals surface area (Å²) in [6.45, 7) is 1.21. The number of amides is 2. The summed E-state index contributed by atoms with van der Waals surface area (Å²) in [4.78, 5) is 46.1. The normalized spacial score (nSPS) is 18.6. The Hall–Kier alpha value is -1.82. The zero-order valence-corrected chi connectivity index (χ0v) is 11.7. The van der Waals surface area contributed by atoms with Crippen molar-refractivity contribution < 1.29 is 28.4 Å². The molecular weight excluding hydrogens is 285 g/mol. The predicted molar refractivity (Wildman–Crippen MR) is 68.2 cm³/mol. The molecule has 0 aliphatic carbocycles. The third kappa shape index (κ3) is 2.10. The molecule has 0 saturated carbocycles. The smallest absolute Gasteiger partial charge is 0.319 e. The van der Waals surface area contributed by atoms with E-state index in [1.807, 2.05) is 0 Å². The predicted octanol–water partition coefficient (Wildman–Crippen LogP) is 1.03. The van der Waals surface area contributed by atoms with Crippen LogP contribution >= 0.6 is 7.60 Å². The maximum absolute atomic E-state index is 12.1. The van der Waals surface area contributed by atoms with Gasteiger partial charge in [0.05, 0.1) is 11.1 Å². The fourth-order valence-electron chi connectivity index (χ4n) is 2.00. The van der Waals surface area contributed by atoms with Crippen LogP contribution in [0, 0.1) is 0 Å². The summed E-state index contributed by atoms with van der Waals surface area (Å²) in [6, 6.07) is 4.72. The summed E-state index contributed by atoms with van der Waals surface area (Å²) >= 11 is 0. The lowest BCUT2D eigenvalue weighted by atomic mass is 10.1. The van der Waals surface area contributed by atoms with Crippen molar-refractivity contribution in [2.24, 2.45) is 0 Å². The largest absolute Gasteiger partial charge is 0.396 e. The van der Waals surface area contributed by atoms with Gasteiger partial charge in [0, 0.05) is 7.11 Å². The number of hydrogen-bond donors (Lipinski definition) is 1. The lowest BCUT2D eigenvalue weighted by molar-refractivity contribution is -0.116. The first-order valence-corrected chi connectivity index (χ1v) is 7.29. The van der Waals surface area contributed by atoms with Crippen molar-refractivity contribution in [1.29, 1.82) is 0 Å². The average Bonchev–Trinajstić information content (AvgIpc) is 2.70. The number of fused-ring (bicyclic) bond motifs is 1. The SMILES string of the molecule is COP(=O)(O)C(=O)C(C)N1C(=O)c2ccccc2C1=O. The molecule has 2 atom stereocenters. The minimum absolute atomic E-state index is 0.169. The number of carbonyl (C=O) groups excluding carboxylic acids is 3. The van der Waals surface area contributed by atoms with E-state index in [0.717, 1.165) is 7.11 Å². The van der Waals surface area contributed by atoms with Crippen molar-refractivity contribution in [3.63, 3.8) is 0 Å². The monoisotopic (exact) mass is 297 g/mol. The van der Waals surface area contributed by atoms with E-state index in [0.29, 0.717) is 4.90 Å². The van der Waals surface area contributed by atoms with Crippen LogP contribution in [-0.4, -0.2) is 40.3 Å². The van der Waals surface area contributed by atoms with E-state index in [2.05, 4.69) is 4.52 Å². The average molecular weight is 297 g/mol. The van der Waals surface area contributed by atoms with E-state index in [-0.39, 0.29) is 11.1 Å². The molecule has 7 nitrogen and oxygen atoms in total. The Balaban J connectivity index is 2.37. The summed E-state index contributed by atoms with van der Waals surface area (Å²) in [7, 11) is -3.60. The van der Waals surface area contributed by atoms with Crippen molar-refractivity contribution in [2.45, 2.75) is 13.0 Å². The fraction of sp³-hybridized carbons (Fsp3) is 0.250. The third-order valence-corrected chi connectivity index (χ3v) is 4.52. The van der Waals surface area contributed by atoms with Crippen LogP contribution in [0.1, 0.15) is 27.6 Å². The number of nitrogens with zero attached hydrogens (tertiary/aromatic N) is 1. The molecule has 1 aliphatic heterocycles. The van der Waals surface area contributed by atoms with Crippen molar-refractivity contribution in [2.75, 3.05) is 7.11 Å². The van der Waals surface area contributed by atoms with E-state index in [1.54, 1.807) is 12.1 Å². The topological polar surface area (TPSA) is 101 Å². The molecule has 1 N–H and O–H groups in total. The van der Waals surface area contributed by atoms with Gasteiger partial charge in [-0.2, -0.15) is 0 Å². The summed E-state index contributed by atoms with van der Waals surface area (Å²) in [5, 5.41) is 0. The Morgan fingerprint density at radius 3 is 2.10 bits per heavy atom. The second kappa shape index (κ2) is 4.94. The lowest BCUT2D eigenvalue weighted by Crippen LogP contribution is -2.42. The molecule has 2 rings (SSSR count). The second-order valence-corrected chi connectivity index (χ2v) is 6.09. The Labute approximate surface area is 114 Å². The number of benzene rings is 1. The molecule has 2 unspecified atom stereocenters. The van der Waals surface area contributed by atoms with Gasteiger partial charge in [0.15, 0.2) is 0 Å². The molecule has 1 heterocycles. The second-order valence-electron chi connectivity index (χ2n) is 4.24. The van der Waals surface area contributed by atoms with Crippen LogP contribution in [0.3, 0.4) is 0 Å². The molecule has 0 spiro atoms. The molecule has 8 heteroatoms. The highest BCUT2D eigenvalue weighted by atomic mass is 31.2. The number of hydrogen-bond acceptors (Lipinski definition) is 5. The Bertz CT molecular complexity index is 620. The first kappa shape index (κ1) is 14.6. The van der Waals surface area contributed by atoms with Gasteiger partial charge in [-0.1, -0.05) is 12.1 Å². The first-order valence-electron chi connectivity index (χ1n) is 5.71. The first-order chi connectivity index (χ1) is 9.31. The van der Waals surface area contributed by atoms with Crippen LogP contribution in [0.15, 0.2) is 24.3 Å². The van der Waals surface area contributed by atoms with Gasteiger partial charge in [0.1, 0.15) is 6.04 Å². The van der Waals surface area contributed by atoms with Crippen LogP contribution in [-0.2, 0) is 13.9 Å². The molecule has 0 radical (unpaired) electrons. The minimum Gasteiger partial charge on any atom is -0.319 e. The van der Waals surface area contributed by atoms with Gasteiger partial charge in [-0.05, 0) is 19.1 Å². The Morgan fingerprint density at radius 1 is 1.25 bits per heavy atom. The van der Waals surface area contributed by atoms with Gasteiger partial charge in [-0.25, -0.2) is 0 Å². The molecule has 0 aromatic heterocycles. The zero-order chi connectivity index (χ0) is 15.1. The molecule has 0 fully saturated rings. The van der Waals surface area contributed by atoms with E-state index < -0.39 is 31.0 Å². The molecule has 2 amide bonds. The van der Waals surface area contributed by atoms with E-state index in [9.17, 15) is 23.8 Å². The number of rotatable bonds is 4. The van der Waals surface area contributed by atoms with Crippen LogP contribution < -0.4 is 0 Å². The molecule has 1 aliphatic rings. The Kier molecular flexibility index (Phi) is 3.60. The molecule has 1 aromatic rings. The molecule has 0 saturated heterocycles. The molecule has 1 aromatic carbocycles. The van der Waals surface area contributed by atoms with Crippen LogP contribution in [0.25, 0.3) is 0 Å². The molecule has 0 bridgehead atoms. The van der Waals surface area contributed by atoms with Crippen LogP contribution in [0.2, 0.25) is 0 Å². The summed E-state index contributed by atoms with van der Waals surface area (Å²) in [5.74, 6) is -1.33. The quantitative estimate of drug-likeness (QED) is 0.658. The standard InChI is InChI=1S/C12H12NO6P/c1-7(12(16)20(17,18)19-2)13-10(14)8-5-3-4-6-9(8)11(13)15/h3-7H,1-2H3,(H,17,18). The van der Waals surface area contributed by atoms with Gasteiger partial charge >= 0.3 is 7.60 Å². The third-order valence-electron chi connectivity index (χ3n) is 3.10. The lowest BCUT2D eigenvalue weighted by Gasteiger charge is -2.22. The van der Waals surface area contributed by atoms with Gasteiger partial charge in [-0.3, -0.25) is 23.8 Å². The van der Waals surface area contributed by atoms with Crippen molar-refractivity contribution >= 4 is 24.9 Å². The van der Waals surface area contributed by atoms with Crippen molar-refractivity contribution in [3.8, 4) is 0 Å². The summed E-state index contributed by atoms with van der Waals surface area (Å²) in [6.07, 6.45) is 0. The number of carbonyl (C=O) groups is 3. The van der Waals surface area contributed by atoms with Gasteiger partial charge in [0.25, 0.3) is 17.3 Å². The van der Waals surface area contributed by atoms with Gasteiger partial charge in [-0.15, -0.1) is 0 Å². The van der Waals surface area contributed by atoms with Crippen molar-refractivity contribution in [1.82, 2.24) is 4.90 Å². The number of imide groups is 1. The molecular formula is C12H12NO6P. The van der Waals surface area contributed by atoms with Gasteiger partial charge < -0.3 is 9.42 Å². The highest BCUT2D eigenvalue weighted by Crippen LogP contribution is 2.44. The van der Waals surface area contributed by atoms with Crippen LogP contribution in [0.4, 0.5) is 0 Å². The maximum Gasteiger partial charge on any atom is 0.396 e. The van der Waals surface area contributed by atoms with E-state index in [1.165, 1.54) is 19.1 Å². The van der Waals surface area contributed by atoms with Gasteiger partial charge in [0.2, 0.25) is 0 Å². The van der Waals surface area contributed by atoms with E-state index >= 15 is 0 Å². The van der Waals surface area contributed by atoms with Crippen LogP contribution in [0.5, 0.6) is 0 Å².